The highest BCUT2D eigenvalue weighted by molar-refractivity contribution is 7.23. The van der Waals surface area contributed by atoms with Crippen molar-refractivity contribution in [3.8, 4) is 23.2 Å². The normalized spacial score (nSPS) is 20.0. The fourth-order valence-electron chi connectivity index (χ4n) is 6.02. The second-order valence-corrected chi connectivity index (χ2v) is 12.9. The van der Waals surface area contributed by atoms with Crippen LogP contribution in [0.1, 0.15) is 24.0 Å². The lowest BCUT2D eigenvalue weighted by Crippen LogP contribution is -2.33. The molecule has 4 aromatic rings. The van der Waals surface area contributed by atoms with Gasteiger partial charge < -0.3 is 25.0 Å². The molecule has 0 spiro atoms. The Balaban J connectivity index is 1.53. The molecule has 1 aliphatic heterocycles. The minimum Gasteiger partial charge on any atom is -0.463 e. The second kappa shape index (κ2) is 11.0. The van der Waals surface area contributed by atoms with Crippen LogP contribution in [-0.2, 0) is 4.74 Å². The molecule has 0 bridgehead atoms. The van der Waals surface area contributed by atoms with Gasteiger partial charge in [0.1, 0.15) is 29.3 Å². The first kappa shape index (κ1) is 29.7. The van der Waals surface area contributed by atoms with Crippen molar-refractivity contribution >= 4 is 54.7 Å². The van der Waals surface area contributed by atoms with E-state index in [1.807, 2.05) is 6.92 Å². The lowest BCUT2D eigenvalue weighted by Gasteiger charge is -2.25. The van der Waals surface area contributed by atoms with Crippen LogP contribution in [0.4, 0.5) is 24.0 Å². The molecule has 226 valence electrons. The Kier molecular flexibility index (Phi) is 7.57. The number of hydrogen-bond acceptors (Lipinski definition) is 9. The van der Waals surface area contributed by atoms with Crippen LogP contribution in [0, 0.1) is 29.5 Å². The first-order valence-electron chi connectivity index (χ1n) is 13.9. The average Bonchev–Trinajstić information content (AvgIpc) is 3.46. The molecule has 2 aliphatic rings. The minimum atomic E-state index is -2.84. The molecule has 8 nitrogen and oxygen atoms in total. The van der Waals surface area contributed by atoms with Gasteiger partial charge in [0, 0.05) is 54.0 Å². The van der Waals surface area contributed by atoms with E-state index >= 15 is 0 Å². The molecule has 0 unspecified atom stereocenters. The fourth-order valence-corrected chi connectivity index (χ4v) is 7.32. The van der Waals surface area contributed by atoms with Crippen molar-refractivity contribution in [2.75, 3.05) is 64.2 Å². The summed E-state index contributed by atoms with van der Waals surface area (Å²) in [6.45, 7) is 4.07. The van der Waals surface area contributed by atoms with E-state index in [1.54, 1.807) is 31.1 Å². The summed E-state index contributed by atoms with van der Waals surface area (Å²) < 4.78 is 55.7. The van der Waals surface area contributed by atoms with Crippen LogP contribution >= 0.6 is 22.9 Å². The number of nitrogen functional groups attached to an aromatic ring is 1. The molecule has 3 heterocycles. The molecule has 0 radical (unpaired) electrons. The van der Waals surface area contributed by atoms with E-state index < -0.39 is 17.2 Å². The molecule has 1 saturated heterocycles. The van der Waals surface area contributed by atoms with Gasteiger partial charge >= 0.3 is 6.01 Å². The van der Waals surface area contributed by atoms with Gasteiger partial charge in [-0.25, -0.2) is 13.2 Å². The van der Waals surface area contributed by atoms with Crippen molar-refractivity contribution < 1.29 is 22.6 Å². The number of aromatic nitrogens is 2. The fraction of sp³-hybridized carbons (Fsp3) is 0.433. The number of thiophene rings is 1. The zero-order valence-electron chi connectivity index (χ0n) is 23.9. The number of anilines is 2. The number of benzene rings is 2. The van der Waals surface area contributed by atoms with Gasteiger partial charge in [-0.15, -0.1) is 11.3 Å². The predicted octanol–water partition coefficient (Wildman–Crippen LogP) is 6.26. The molecular weight excluding hydrogens is 601 g/mol. The number of nitrogens with two attached hydrogens (primary N) is 1. The van der Waals surface area contributed by atoms with Gasteiger partial charge in [-0.05, 0) is 50.7 Å². The number of hydrogen-bond donors (Lipinski definition) is 1. The predicted molar refractivity (Wildman–Crippen MR) is 163 cm³/mol. The zero-order chi connectivity index (χ0) is 30.7. The maximum atomic E-state index is 14.8. The van der Waals surface area contributed by atoms with Gasteiger partial charge in [-0.1, -0.05) is 17.7 Å². The van der Waals surface area contributed by atoms with E-state index in [0.29, 0.717) is 70.1 Å². The van der Waals surface area contributed by atoms with Crippen LogP contribution in [0.15, 0.2) is 18.2 Å². The Hall–Kier alpha value is -3.37. The van der Waals surface area contributed by atoms with Crippen molar-refractivity contribution in [3.05, 3.63) is 40.2 Å². The summed E-state index contributed by atoms with van der Waals surface area (Å²) in [4.78, 5) is 13.2. The monoisotopic (exact) mass is 630 g/mol. The van der Waals surface area contributed by atoms with Crippen molar-refractivity contribution in [1.29, 1.82) is 5.26 Å². The molecule has 1 saturated carbocycles. The number of alkyl halides is 2. The first-order valence-corrected chi connectivity index (χ1v) is 15.1. The smallest absolute Gasteiger partial charge is 0.318 e. The lowest BCUT2D eigenvalue weighted by molar-refractivity contribution is 0.0289. The maximum absolute atomic E-state index is 14.8. The summed E-state index contributed by atoms with van der Waals surface area (Å²) in [5.41, 5.74) is 7.20. The van der Waals surface area contributed by atoms with Gasteiger partial charge in [0.25, 0.3) is 5.92 Å². The van der Waals surface area contributed by atoms with E-state index in [9.17, 15) is 18.4 Å². The van der Waals surface area contributed by atoms with Crippen LogP contribution in [-0.4, -0.2) is 74.3 Å². The largest absolute Gasteiger partial charge is 0.463 e. The van der Waals surface area contributed by atoms with E-state index in [2.05, 4.69) is 11.0 Å². The van der Waals surface area contributed by atoms with E-state index in [1.165, 1.54) is 6.07 Å². The van der Waals surface area contributed by atoms with E-state index in [4.69, 9.17) is 36.8 Å². The highest BCUT2D eigenvalue weighted by atomic mass is 35.5. The van der Waals surface area contributed by atoms with Crippen LogP contribution in [0.25, 0.3) is 32.1 Å². The summed E-state index contributed by atoms with van der Waals surface area (Å²) in [5, 5.41) is 11.5. The molecule has 2 fully saturated rings. The molecule has 1 atom stereocenters. The van der Waals surface area contributed by atoms with Gasteiger partial charge in [-0.3, -0.25) is 0 Å². The molecule has 1 aliphatic carbocycles. The number of halogens is 4. The highest BCUT2D eigenvalue weighted by Crippen LogP contribution is 2.60. The maximum Gasteiger partial charge on any atom is 0.318 e. The molecular formula is C30H30ClF3N6O2S. The third kappa shape index (κ3) is 5.12. The first-order chi connectivity index (χ1) is 20.5. The summed E-state index contributed by atoms with van der Waals surface area (Å²) in [7, 11) is 3.50. The highest BCUT2D eigenvalue weighted by Gasteiger charge is 2.71. The van der Waals surface area contributed by atoms with Crippen molar-refractivity contribution in [1.82, 2.24) is 14.9 Å². The number of nitrogens with zero attached hydrogens (tertiary/aromatic N) is 5. The molecule has 2 aromatic carbocycles. The Morgan fingerprint density at radius 3 is 2.72 bits per heavy atom. The van der Waals surface area contributed by atoms with Crippen LogP contribution in [0.5, 0.6) is 6.01 Å². The average molecular weight is 631 g/mol. The van der Waals surface area contributed by atoms with Gasteiger partial charge in [-0.2, -0.15) is 15.2 Å². The second-order valence-electron chi connectivity index (χ2n) is 11.5. The van der Waals surface area contributed by atoms with Gasteiger partial charge in [0.05, 0.1) is 27.8 Å². The Morgan fingerprint density at radius 1 is 1.26 bits per heavy atom. The van der Waals surface area contributed by atoms with E-state index in [-0.39, 0.29) is 40.8 Å². The molecule has 43 heavy (non-hydrogen) atoms. The van der Waals surface area contributed by atoms with Crippen molar-refractivity contribution in [3.63, 3.8) is 0 Å². The van der Waals surface area contributed by atoms with E-state index in [0.717, 1.165) is 17.8 Å². The quantitative estimate of drug-likeness (QED) is 0.255. The van der Waals surface area contributed by atoms with Crippen molar-refractivity contribution in [2.24, 2.45) is 5.41 Å². The standard InChI is InChI=1S/C30H30ClF3N6O2S/c1-16-22(17-5-6-21(32)25-23(17)19(12-35)26(36)43-25)20(31)11-18-24(16)37-28(38-27(18)40-7-4-9-41-10-8-40)42-15-29(14-39(2)3)13-30(29,33)34/h5-6,11H,4,7-10,13-15,36H2,1-3H3/t29-/m1/s1. The number of ether oxygens (including phenoxy) is 2. The summed E-state index contributed by atoms with van der Waals surface area (Å²) in [5.74, 6) is -2.77. The van der Waals surface area contributed by atoms with Crippen LogP contribution in [0.2, 0.25) is 5.02 Å². The molecule has 13 heteroatoms. The van der Waals surface area contributed by atoms with Crippen molar-refractivity contribution in [2.45, 2.75) is 25.7 Å². The molecule has 0 amide bonds. The Labute approximate surface area is 255 Å². The number of aryl methyl sites for hydroxylation is 1. The Morgan fingerprint density at radius 2 is 2.02 bits per heavy atom. The molecule has 6 rings (SSSR count). The topological polar surface area (TPSA) is 101 Å². The third-order valence-corrected chi connectivity index (χ3v) is 9.50. The lowest BCUT2D eigenvalue weighted by atomic mass is 9.93. The summed E-state index contributed by atoms with van der Waals surface area (Å²) in [6.07, 6.45) is 0.501. The molecule has 2 aromatic heterocycles. The minimum absolute atomic E-state index is 0.0217. The van der Waals surface area contributed by atoms with Crippen LogP contribution in [0.3, 0.4) is 0 Å². The van der Waals surface area contributed by atoms with Crippen LogP contribution < -0.4 is 15.4 Å². The number of rotatable bonds is 7. The molecule has 2 N–H and O–H groups in total. The third-order valence-electron chi connectivity index (χ3n) is 8.17. The summed E-state index contributed by atoms with van der Waals surface area (Å²) >= 11 is 7.96. The van der Waals surface area contributed by atoms with Gasteiger partial charge in [0.2, 0.25) is 0 Å². The zero-order valence-corrected chi connectivity index (χ0v) is 25.5. The Bertz CT molecular complexity index is 1780. The van der Waals surface area contributed by atoms with Gasteiger partial charge in [0.15, 0.2) is 0 Å². The number of fused-ring (bicyclic) bond motifs is 2. The number of nitriles is 1. The SMILES string of the molecule is Cc1c(-c2ccc(F)c3sc(N)c(C#N)c23)c(Cl)cc2c(N3CCCOCC3)nc(OC[C@]3(CN(C)C)CC3(F)F)nc12. The summed E-state index contributed by atoms with van der Waals surface area (Å²) in [6, 6.07) is 6.74.